The van der Waals surface area contributed by atoms with Gasteiger partial charge in [-0.1, -0.05) is 0 Å². The number of nitrogens with zero attached hydrogens (tertiary/aromatic N) is 1. The second-order valence-electron chi connectivity index (χ2n) is 4.17. The number of halogens is 1. The SMILES string of the molecule is COC(C)(C)CC(N)c1ccncc1F. The summed E-state index contributed by atoms with van der Waals surface area (Å²) in [6, 6.07) is 1.23. The molecular weight excluding hydrogens is 195 g/mol. The van der Waals surface area contributed by atoms with E-state index in [2.05, 4.69) is 4.98 Å². The third-order valence-electron chi connectivity index (χ3n) is 2.47. The quantitative estimate of drug-likeness (QED) is 0.830. The van der Waals surface area contributed by atoms with Crippen LogP contribution in [-0.2, 0) is 4.74 Å². The number of ether oxygens (including phenoxy) is 1. The van der Waals surface area contributed by atoms with E-state index in [0.29, 0.717) is 12.0 Å². The van der Waals surface area contributed by atoms with E-state index in [9.17, 15) is 4.39 Å². The number of rotatable bonds is 4. The molecule has 1 rings (SSSR count). The molecule has 84 valence electrons. The van der Waals surface area contributed by atoms with Crippen LogP contribution in [0.15, 0.2) is 18.5 Å². The number of nitrogens with two attached hydrogens (primary N) is 1. The Balaban J connectivity index is 2.78. The standard InChI is InChI=1S/C11H17FN2O/c1-11(2,15-3)6-10(13)8-4-5-14-7-9(8)12/h4-5,7,10H,6,13H2,1-3H3. The van der Waals surface area contributed by atoms with E-state index in [4.69, 9.17) is 10.5 Å². The molecule has 1 unspecified atom stereocenters. The Bertz CT molecular complexity index is 328. The van der Waals surface area contributed by atoms with Crippen LogP contribution in [0.4, 0.5) is 4.39 Å². The lowest BCUT2D eigenvalue weighted by Gasteiger charge is -2.26. The maximum absolute atomic E-state index is 13.3. The zero-order valence-corrected chi connectivity index (χ0v) is 9.33. The van der Waals surface area contributed by atoms with Gasteiger partial charge in [-0.3, -0.25) is 4.98 Å². The van der Waals surface area contributed by atoms with Crippen LogP contribution in [-0.4, -0.2) is 17.7 Å². The smallest absolute Gasteiger partial charge is 0.146 e. The Morgan fingerprint density at radius 1 is 1.60 bits per heavy atom. The molecular formula is C11H17FN2O. The van der Waals surface area contributed by atoms with E-state index in [1.165, 1.54) is 12.4 Å². The Hall–Kier alpha value is -1.00. The molecule has 1 heterocycles. The molecule has 0 fully saturated rings. The Morgan fingerprint density at radius 3 is 2.80 bits per heavy atom. The molecule has 1 atom stereocenters. The number of aromatic nitrogens is 1. The van der Waals surface area contributed by atoms with Gasteiger partial charge in [0.2, 0.25) is 0 Å². The lowest BCUT2D eigenvalue weighted by atomic mass is 9.95. The summed E-state index contributed by atoms with van der Waals surface area (Å²) in [5.74, 6) is -0.364. The van der Waals surface area contributed by atoms with Crippen molar-refractivity contribution < 1.29 is 9.13 Å². The molecule has 3 nitrogen and oxygen atoms in total. The molecule has 15 heavy (non-hydrogen) atoms. The highest BCUT2D eigenvalue weighted by Gasteiger charge is 2.23. The van der Waals surface area contributed by atoms with Crippen molar-refractivity contribution in [1.82, 2.24) is 4.98 Å². The molecule has 2 N–H and O–H groups in total. The minimum absolute atomic E-state index is 0.352. The monoisotopic (exact) mass is 212 g/mol. The average Bonchev–Trinajstić information content (AvgIpc) is 2.17. The lowest BCUT2D eigenvalue weighted by Crippen LogP contribution is -2.29. The maximum Gasteiger partial charge on any atom is 0.146 e. The van der Waals surface area contributed by atoms with Gasteiger partial charge in [0, 0.05) is 24.9 Å². The van der Waals surface area contributed by atoms with Crippen LogP contribution in [0.25, 0.3) is 0 Å². The molecule has 4 heteroatoms. The highest BCUT2D eigenvalue weighted by atomic mass is 19.1. The lowest BCUT2D eigenvalue weighted by molar-refractivity contribution is 0.00973. The fourth-order valence-corrected chi connectivity index (χ4v) is 1.41. The van der Waals surface area contributed by atoms with Gasteiger partial charge in [-0.15, -0.1) is 0 Å². The molecule has 1 aromatic heterocycles. The summed E-state index contributed by atoms with van der Waals surface area (Å²) >= 11 is 0. The molecule has 0 aliphatic carbocycles. The van der Waals surface area contributed by atoms with Crippen LogP contribution in [0.3, 0.4) is 0 Å². The number of methoxy groups -OCH3 is 1. The fourth-order valence-electron chi connectivity index (χ4n) is 1.41. The molecule has 0 aliphatic rings. The molecule has 0 aliphatic heterocycles. The Kier molecular flexibility index (Phi) is 3.77. The summed E-state index contributed by atoms with van der Waals surface area (Å²) in [6.45, 7) is 3.85. The topological polar surface area (TPSA) is 48.1 Å². The third kappa shape index (κ3) is 3.25. The minimum atomic E-state index is -0.372. The predicted molar refractivity (Wildman–Crippen MR) is 56.8 cm³/mol. The van der Waals surface area contributed by atoms with E-state index < -0.39 is 0 Å². The van der Waals surface area contributed by atoms with Gasteiger partial charge in [-0.25, -0.2) is 4.39 Å². The van der Waals surface area contributed by atoms with Gasteiger partial charge in [0.15, 0.2) is 0 Å². The van der Waals surface area contributed by atoms with E-state index >= 15 is 0 Å². The van der Waals surface area contributed by atoms with Crippen molar-refractivity contribution in [2.75, 3.05) is 7.11 Å². The van der Waals surface area contributed by atoms with Crippen molar-refractivity contribution in [2.24, 2.45) is 5.73 Å². The molecule has 0 aromatic carbocycles. The Labute approximate surface area is 89.5 Å². The van der Waals surface area contributed by atoms with E-state index in [1.54, 1.807) is 13.2 Å². The minimum Gasteiger partial charge on any atom is -0.379 e. The average molecular weight is 212 g/mol. The van der Waals surface area contributed by atoms with Gasteiger partial charge in [0.25, 0.3) is 0 Å². The van der Waals surface area contributed by atoms with Gasteiger partial charge >= 0.3 is 0 Å². The number of hydrogen-bond acceptors (Lipinski definition) is 3. The first-order chi connectivity index (χ1) is 6.96. The van der Waals surface area contributed by atoms with Gasteiger partial charge < -0.3 is 10.5 Å². The van der Waals surface area contributed by atoms with E-state index in [1.807, 2.05) is 13.8 Å². The molecule has 0 bridgehead atoms. The highest BCUT2D eigenvalue weighted by Crippen LogP contribution is 2.24. The van der Waals surface area contributed by atoms with Crippen molar-refractivity contribution in [3.8, 4) is 0 Å². The molecule has 0 saturated heterocycles. The summed E-state index contributed by atoms with van der Waals surface area (Å²) < 4.78 is 18.6. The largest absolute Gasteiger partial charge is 0.379 e. The molecule has 0 spiro atoms. The maximum atomic E-state index is 13.3. The third-order valence-corrected chi connectivity index (χ3v) is 2.47. The van der Waals surface area contributed by atoms with Crippen LogP contribution in [0.2, 0.25) is 0 Å². The molecule has 0 saturated carbocycles. The van der Waals surface area contributed by atoms with Gasteiger partial charge in [0.1, 0.15) is 5.82 Å². The zero-order chi connectivity index (χ0) is 11.5. The van der Waals surface area contributed by atoms with Crippen LogP contribution in [0.1, 0.15) is 31.9 Å². The van der Waals surface area contributed by atoms with Crippen LogP contribution < -0.4 is 5.73 Å². The first kappa shape index (κ1) is 12.1. The van der Waals surface area contributed by atoms with Crippen molar-refractivity contribution >= 4 is 0 Å². The highest BCUT2D eigenvalue weighted by molar-refractivity contribution is 5.17. The number of hydrogen-bond donors (Lipinski definition) is 1. The molecule has 1 aromatic rings. The summed E-state index contributed by atoms with van der Waals surface area (Å²) in [6.07, 6.45) is 3.28. The van der Waals surface area contributed by atoms with Crippen molar-refractivity contribution in [3.63, 3.8) is 0 Å². The van der Waals surface area contributed by atoms with Gasteiger partial charge in [0.05, 0.1) is 11.8 Å². The summed E-state index contributed by atoms with van der Waals surface area (Å²) in [5.41, 5.74) is 6.04. The fraction of sp³-hybridized carbons (Fsp3) is 0.545. The second-order valence-corrected chi connectivity index (χ2v) is 4.17. The zero-order valence-electron chi connectivity index (χ0n) is 9.33. The van der Waals surface area contributed by atoms with Crippen molar-refractivity contribution in [1.29, 1.82) is 0 Å². The van der Waals surface area contributed by atoms with Crippen LogP contribution in [0.5, 0.6) is 0 Å². The van der Waals surface area contributed by atoms with Crippen LogP contribution >= 0.6 is 0 Å². The predicted octanol–water partition coefficient (Wildman–Crippen LogP) is 2.04. The molecule has 0 amide bonds. The summed E-state index contributed by atoms with van der Waals surface area (Å²) in [4.78, 5) is 3.68. The second kappa shape index (κ2) is 4.68. The van der Waals surface area contributed by atoms with Gasteiger partial charge in [-0.2, -0.15) is 0 Å². The van der Waals surface area contributed by atoms with Crippen molar-refractivity contribution in [3.05, 3.63) is 29.8 Å². The van der Waals surface area contributed by atoms with Crippen LogP contribution in [0, 0.1) is 5.82 Å². The normalized spacial score (nSPS) is 13.9. The first-order valence-electron chi connectivity index (χ1n) is 4.86. The van der Waals surface area contributed by atoms with E-state index in [-0.39, 0.29) is 17.5 Å². The van der Waals surface area contributed by atoms with Crippen molar-refractivity contribution in [2.45, 2.75) is 31.9 Å². The summed E-state index contributed by atoms with van der Waals surface area (Å²) in [5, 5.41) is 0. The number of pyridine rings is 1. The summed E-state index contributed by atoms with van der Waals surface area (Å²) in [7, 11) is 1.62. The molecule has 0 radical (unpaired) electrons. The first-order valence-corrected chi connectivity index (χ1v) is 4.86. The van der Waals surface area contributed by atoms with E-state index in [0.717, 1.165) is 0 Å². The van der Waals surface area contributed by atoms with Gasteiger partial charge in [-0.05, 0) is 26.3 Å². The Morgan fingerprint density at radius 2 is 2.27 bits per heavy atom.